The number of hydrogen-bond acceptors (Lipinski definition) is 6. The lowest BCUT2D eigenvalue weighted by Gasteiger charge is -2.32. The van der Waals surface area contributed by atoms with Gasteiger partial charge in [0, 0.05) is 28.3 Å². The second-order valence-electron chi connectivity index (χ2n) is 10.1. The molecule has 3 N–H and O–H groups in total. The molecule has 0 saturated carbocycles. The largest absolute Gasteiger partial charge is 0.494 e. The number of fused-ring (bicyclic) bond motifs is 1. The highest BCUT2D eigenvalue weighted by Crippen LogP contribution is 2.41. The van der Waals surface area contributed by atoms with Crippen LogP contribution in [0.3, 0.4) is 0 Å². The van der Waals surface area contributed by atoms with E-state index in [0.717, 1.165) is 43.7 Å². The smallest absolute Gasteiger partial charge is 0.424 e. The maximum absolute atomic E-state index is 15.4. The third kappa shape index (κ3) is 5.84. The molecule has 0 aliphatic rings. The summed E-state index contributed by atoms with van der Waals surface area (Å²) in [6.45, 7) is 2.64. The van der Waals surface area contributed by atoms with Crippen LogP contribution in [-0.4, -0.2) is 45.9 Å². The van der Waals surface area contributed by atoms with Gasteiger partial charge >= 0.3 is 6.18 Å². The van der Waals surface area contributed by atoms with Gasteiger partial charge in [-0.3, -0.25) is 9.78 Å². The minimum Gasteiger partial charge on any atom is -0.494 e. The van der Waals surface area contributed by atoms with E-state index in [0.29, 0.717) is 17.0 Å². The van der Waals surface area contributed by atoms with Crippen molar-refractivity contribution in [3.63, 3.8) is 0 Å². The highest BCUT2D eigenvalue weighted by Gasteiger charge is 2.57. The Morgan fingerprint density at radius 3 is 2.27 bits per heavy atom. The number of benzene rings is 2. The fourth-order valence-electron chi connectivity index (χ4n) is 4.24. The minimum absolute atomic E-state index is 0.0671. The standard InChI is InChI=1S/C29H26F5N3O4/c1-15-9-17-10-18(11-21(41-4)24(17)35-13-15)26(38)36-14-28(40,29(32,33)34)22-12-20(27(2,3)39)23(31)25(37-22)16-5-7-19(30)8-6-16/h5-13,39-40H,14H2,1-4H3,(H,36,38). The Hall–Kier alpha value is -4.16. The Balaban J connectivity index is 1.79. The van der Waals surface area contributed by atoms with Crippen LogP contribution in [0.1, 0.15) is 41.0 Å². The summed E-state index contributed by atoms with van der Waals surface area (Å²) < 4.78 is 77.5. The van der Waals surface area contributed by atoms with Gasteiger partial charge in [0.1, 0.15) is 22.8 Å². The molecule has 0 saturated heterocycles. The molecule has 0 spiro atoms. The van der Waals surface area contributed by atoms with Crippen LogP contribution in [0, 0.1) is 18.6 Å². The van der Waals surface area contributed by atoms with Crippen molar-refractivity contribution in [3.05, 3.63) is 88.7 Å². The summed E-state index contributed by atoms with van der Waals surface area (Å²) in [5.74, 6) is -2.61. The summed E-state index contributed by atoms with van der Waals surface area (Å²) in [6, 6.07) is 9.11. The summed E-state index contributed by atoms with van der Waals surface area (Å²) in [5, 5.41) is 24.1. The van der Waals surface area contributed by atoms with Gasteiger partial charge in [-0.25, -0.2) is 13.8 Å². The van der Waals surface area contributed by atoms with Gasteiger partial charge in [-0.2, -0.15) is 13.2 Å². The van der Waals surface area contributed by atoms with E-state index in [2.05, 4.69) is 15.3 Å². The van der Waals surface area contributed by atoms with Gasteiger partial charge in [0.2, 0.25) is 5.60 Å². The molecule has 0 radical (unpaired) electrons. The number of nitrogens with one attached hydrogen (secondary N) is 1. The Bertz CT molecular complexity index is 1620. The first-order valence-corrected chi connectivity index (χ1v) is 12.3. The number of nitrogens with zero attached hydrogens (tertiary/aromatic N) is 2. The normalized spacial score (nSPS) is 13.6. The molecule has 2 aromatic carbocycles. The van der Waals surface area contributed by atoms with Gasteiger partial charge < -0.3 is 20.3 Å². The molecule has 41 heavy (non-hydrogen) atoms. The van der Waals surface area contributed by atoms with Crippen LogP contribution in [-0.2, 0) is 11.2 Å². The van der Waals surface area contributed by atoms with Crippen molar-refractivity contribution in [2.75, 3.05) is 13.7 Å². The van der Waals surface area contributed by atoms with E-state index in [1.54, 1.807) is 19.2 Å². The number of alkyl halides is 3. The number of methoxy groups -OCH3 is 1. The first-order chi connectivity index (χ1) is 19.0. The molecule has 4 aromatic rings. The van der Waals surface area contributed by atoms with E-state index in [9.17, 15) is 32.6 Å². The number of hydrogen-bond donors (Lipinski definition) is 3. The molecular weight excluding hydrogens is 549 g/mol. The van der Waals surface area contributed by atoms with Crippen molar-refractivity contribution in [1.29, 1.82) is 0 Å². The lowest BCUT2D eigenvalue weighted by atomic mass is 9.90. The van der Waals surface area contributed by atoms with E-state index >= 15 is 4.39 Å². The second kappa shape index (κ2) is 10.7. The van der Waals surface area contributed by atoms with Gasteiger partial charge in [-0.05, 0) is 74.9 Å². The number of carbonyl (C=O) groups is 1. The topological polar surface area (TPSA) is 105 Å². The van der Waals surface area contributed by atoms with Gasteiger partial charge in [0.25, 0.3) is 5.91 Å². The molecule has 0 fully saturated rings. The fraction of sp³-hybridized carbons (Fsp3) is 0.276. The number of pyridine rings is 2. The van der Waals surface area contributed by atoms with E-state index in [-0.39, 0.29) is 16.9 Å². The third-order valence-electron chi connectivity index (χ3n) is 6.50. The summed E-state index contributed by atoms with van der Waals surface area (Å²) in [5.41, 5.74) is -7.12. The highest BCUT2D eigenvalue weighted by molar-refractivity contribution is 6.00. The van der Waals surface area contributed by atoms with Gasteiger partial charge in [0.05, 0.1) is 24.9 Å². The number of halogens is 5. The zero-order valence-electron chi connectivity index (χ0n) is 22.4. The lowest BCUT2D eigenvalue weighted by molar-refractivity contribution is -0.265. The summed E-state index contributed by atoms with van der Waals surface area (Å²) in [4.78, 5) is 21.0. The quantitative estimate of drug-likeness (QED) is 0.259. The predicted molar refractivity (Wildman–Crippen MR) is 140 cm³/mol. The molecule has 1 atom stereocenters. The highest BCUT2D eigenvalue weighted by atomic mass is 19.4. The number of aliphatic hydroxyl groups is 2. The monoisotopic (exact) mass is 575 g/mol. The summed E-state index contributed by atoms with van der Waals surface area (Å²) >= 11 is 0. The summed E-state index contributed by atoms with van der Waals surface area (Å²) in [6.07, 6.45) is -3.82. The van der Waals surface area contributed by atoms with Crippen molar-refractivity contribution >= 4 is 16.8 Å². The SMILES string of the molecule is COc1cc(C(=O)NCC(O)(c2cc(C(C)(C)O)c(F)c(-c3ccc(F)cc3)n2)C(F)(F)F)cc2cc(C)cnc12. The van der Waals surface area contributed by atoms with Crippen LogP contribution >= 0.6 is 0 Å². The Kier molecular flexibility index (Phi) is 7.76. The molecule has 216 valence electrons. The number of ether oxygens (including phenoxy) is 1. The fourth-order valence-corrected chi connectivity index (χ4v) is 4.24. The van der Waals surface area contributed by atoms with Gasteiger partial charge in [-0.1, -0.05) is 0 Å². The van der Waals surface area contributed by atoms with E-state index in [1.165, 1.54) is 19.2 Å². The number of carbonyl (C=O) groups excluding carboxylic acids is 1. The van der Waals surface area contributed by atoms with E-state index < -0.39 is 58.4 Å². The zero-order chi connectivity index (χ0) is 30.3. The van der Waals surface area contributed by atoms with Crippen molar-refractivity contribution in [2.45, 2.75) is 38.1 Å². The lowest BCUT2D eigenvalue weighted by Crippen LogP contribution is -2.51. The van der Waals surface area contributed by atoms with E-state index in [4.69, 9.17) is 4.74 Å². The van der Waals surface area contributed by atoms with Crippen LogP contribution < -0.4 is 10.1 Å². The van der Waals surface area contributed by atoms with Crippen LogP contribution in [0.2, 0.25) is 0 Å². The first kappa shape index (κ1) is 29.8. The number of aryl methyl sites for hydroxylation is 1. The van der Waals surface area contributed by atoms with Gasteiger partial charge in [0.15, 0.2) is 5.82 Å². The maximum atomic E-state index is 15.4. The number of amides is 1. The van der Waals surface area contributed by atoms with Crippen molar-refractivity contribution in [1.82, 2.24) is 15.3 Å². The average Bonchev–Trinajstić information content (AvgIpc) is 2.90. The molecule has 1 unspecified atom stereocenters. The Morgan fingerprint density at radius 1 is 1.02 bits per heavy atom. The minimum atomic E-state index is -5.41. The molecule has 2 aromatic heterocycles. The van der Waals surface area contributed by atoms with Crippen molar-refractivity contribution in [2.24, 2.45) is 0 Å². The maximum Gasteiger partial charge on any atom is 0.424 e. The average molecular weight is 576 g/mol. The first-order valence-electron chi connectivity index (χ1n) is 12.3. The molecule has 7 nitrogen and oxygen atoms in total. The molecule has 0 aliphatic carbocycles. The molecule has 2 heterocycles. The number of aromatic nitrogens is 2. The molecule has 0 aliphatic heterocycles. The van der Waals surface area contributed by atoms with Gasteiger partial charge in [-0.15, -0.1) is 0 Å². The third-order valence-corrected chi connectivity index (χ3v) is 6.50. The Labute approximate surface area is 231 Å². The predicted octanol–water partition coefficient (Wildman–Crippen LogP) is 5.30. The molecule has 12 heteroatoms. The van der Waals surface area contributed by atoms with Crippen LogP contribution in [0.5, 0.6) is 5.75 Å². The van der Waals surface area contributed by atoms with E-state index in [1.807, 2.05) is 0 Å². The van der Waals surface area contributed by atoms with Crippen molar-refractivity contribution in [3.8, 4) is 17.0 Å². The van der Waals surface area contributed by atoms with Crippen LogP contribution in [0.4, 0.5) is 22.0 Å². The second-order valence-corrected chi connectivity index (χ2v) is 10.1. The molecule has 0 bridgehead atoms. The van der Waals surface area contributed by atoms with Crippen LogP contribution in [0.25, 0.3) is 22.2 Å². The molecule has 4 rings (SSSR count). The van der Waals surface area contributed by atoms with Crippen molar-refractivity contribution < 1.29 is 41.7 Å². The zero-order valence-corrected chi connectivity index (χ0v) is 22.4. The molecular formula is C29H26F5N3O4. The Morgan fingerprint density at radius 2 is 1.68 bits per heavy atom. The van der Waals surface area contributed by atoms with Crippen LogP contribution in [0.15, 0.2) is 54.7 Å². The summed E-state index contributed by atoms with van der Waals surface area (Å²) in [7, 11) is 1.35. The molecule has 1 amide bonds. The number of rotatable bonds is 7.